The third-order valence-corrected chi connectivity index (χ3v) is 3.88. The Bertz CT molecular complexity index is 545. The van der Waals surface area contributed by atoms with Crippen LogP contribution in [0, 0.1) is 12.7 Å². The van der Waals surface area contributed by atoms with Crippen molar-refractivity contribution in [1.29, 1.82) is 0 Å². The van der Waals surface area contributed by atoms with Gasteiger partial charge in [-0.25, -0.2) is 4.39 Å². The fraction of sp³-hybridized carbons (Fsp3) is 0.294. The first-order valence-electron chi connectivity index (χ1n) is 6.76. The SMILES string of the molecule is CNC(Cc1ccc(C)cc1)Cc1c(F)cccc1Cl. The summed E-state index contributed by atoms with van der Waals surface area (Å²) < 4.78 is 13.8. The summed E-state index contributed by atoms with van der Waals surface area (Å²) in [7, 11) is 1.90. The van der Waals surface area contributed by atoms with Crippen molar-refractivity contribution in [3.05, 3.63) is 70.0 Å². The molecular weight excluding hydrogens is 273 g/mol. The van der Waals surface area contributed by atoms with E-state index in [0.717, 1.165) is 6.42 Å². The Kier molecular flexibility index (Phi) is 5.16. The van der Waals surface area contributed by atoms with Crippen LogP contribution in [0.25, 0.3) is 0 Å². The summed E-state index contributed by atoms with van der Waals surface area (Å²) in [5.74, 6) is -0.235. The van der Waals surface area contributed by atoms with Crippen LogP contribution in [-0.4, -0.2) is 13.1 Å². The van der Waals surface area contributed by atoms with E-state index in [1.54, 1.807) is 12.1 Å². The Balaban J connectivity index is 2.11. The van der Waals surface area contributed by atoms with Gasteiger partial charge in [0.05, 0.1) is 0 Å². The highest BCUT2D eigenvalue weighted by atomic mass is 35.5. The van der Waals surface area contributed by atoms with Gasteiger partial charge in [-0.1, -0.05) is 47.5 Å². The van der Waals surface area contributed by atoms with Crippen molar-refractivity contribution < 1.29 is 4.39 Å². The van der Waals surface area contributed by atoms with Gasteiger partial charge in [-0.2, -0.15) is 0 Å². The highest BCUT2D eigenvalue weighted by Crippen LogP contribution is 2.21. The number of rotatable bonds is 5. The van der Waals surface area contributed by atoms with Crippen molar-refractivity contribution in [2.45, 2.75) is 25.8 Å². The van der Waals surface area contributed by atoms with Crippen LogP contribution < -0.4 is 5.32 Å². The zero-order chi connectivity index (χ0) is 14.5. The Morgan fingerprint density at radius 2 is 1.80 bits per heavy atom. The highest BCUT2D eigenvalue weighted by molar-refractivity contribution is 6.31. The van der Waals surface area contributed by atoms with E-state index in [9.17, 15) is 4.39 Å². The van der Waals surface area contributed by atoms with Crippen LogP contribution in [0.15, 0.2) is 42.5 Å². The molecule has 0 spiro atoms. The van der Waals surface area contributed by atoms with Gasteiger partial charge in [0, 0.05) is 16.6 Å². The van der Waals surface area contributed by atoms with Gasteiger partial charge < -0.3 is 5.32 Å². The minimum absolute atomic E-state index is 0.159. The van der Waals surface area contributed by atoms with Crippen molar-refractivity contribution in [1.82, 2.24) is 5.32 Å². The van der Waals surface area contributed by atoms with Crippen LogP contribution in [0.3, 0.4) is 0 Å². The Hall–Kier alpha value is -1.38. The quantitative estimate of drug-likeness (QED) is 0.872. The molecule has 1 N–H and O–H groups in total. The molecule has 0 saturated heterocycles. The van der Waals surface area contributed by atoms with Crippen LogP contribution in [0.5, 0.6) is 0 Å². The molecule has 0 saturated carbocycles. The Morgan fingerprint density at radius 3 is 2.40 bits per heavy atom. The second kappa shape index (κ2) is 6.87. The van der Waals surface area contributed by atoms with Gasteiger partial charge in [0.15, 0.2) is 0 Å². The summed E-state index contributed by atoms with van der Waals surface area (Å²) in [5, 5.41) is 3.74. The van der Waals surface area contributed by atoms with E-state index in [0.29, 0.717) is 17.0 Å². The fourth-order valence-corrected chi connectivity index (χ4v) is 2.50. The minimum Gasteiger partial charge on any atom is -0.316 e. The van der Waals surface area contributed by atoms with Crippen molar-refractivity contribution in [2.24, 2.45) is 0 Å². The minimum atomic E-state index is -0.235. The van der Waals surface area contributed by atoms with Gasteiger partial charge in [-0.05, 0) is 44.5 Å². The van der Waals surface area contributed by atoms with Crippen LogP contribution >= 0.6 is 11.6 Å². The molecule has 106 valence electrons. The van der Waals surface area contributed by atoms with Crippen LogP contribution in [0.4, 0.5) is 4.39 Å². The first-order chi connectivity index (χ1) is 9.60. The van der Waals surface area contributed by atoms with Crippen molar-refractivity contribution in [2.75, 3.05) is 7.05 Å². The summed E-state index contributed by atoms with van der Waals surface area (Å²) in [6.07, 6.45) is 1.43. The van der Waals surface area contributed by atoms with Crippen LogP contribution in [-0.2, 0) is 12.8 Å². The average Bonchev–Trinajstić information content (AvgIpc) is 2.44. The van der Waals surface area contributed by atoms with E-state index in [-0.39, 0.29) is 11.9 Å². The maximum atomic E-state index is 13.8. The van der Waals surface area contributed by atoms with E-state index in [4.69, 9.17) is 11.6 Å². The predicted molar refractivity (Wildman–Crippen MR) is 82.8 cm³/mol. The number of nitrogens with one attached hydrogen (secondary N) is 1. The van der Waals surface area contributed by atoms with Gasteiger partial charge in [-0.15, -0.1) is 0 Å². The van der Waals surface area contributed by atoms with Gasteiger partial charge in [0.1, 0.15) is 5.82 Å². The van der Waals surface area contributed by atoms with Crippen molar-refractivity contribution >= 4 is 11.6 Å². The molecule has 0 aliphatic carbocycles. The van der Waals surface area contributed by atoms with E-state index in [1.807, 2.05) is 7.05 Å². The third-order valence-electron chi connectivity index (χ3n) is 3.52. The molecule has 3 heteroatoms. The summed E-state index contributed by atoms with van der Waals surface area (Å²) >= 11 is 6.09. The van der Waals surface area contributed by atoms with Crippen LogP contribution in [0.1, 0.15) is 16.7 Å². The second-order valence-corrected chi connectivity index (χ2v) is 5.49. The zero-order valence-corrected chi connectivity index (χ0v) is 12.5. The number of likely N-dealkylation sites (N-methyl/N-ethyl adjacent to an activating group) is 1. The molecule has 1 unspecified atom stereocenters. The number of hydrogen-bond acceptors (Lipinski definition) is 1. The van der Waals surface area contributed by atoms with Crippen molar-refractivity contribution in [3.8, 4) is 0 Å². The molecule has 0 aliphatic heterocycles. The van der Waals surface area contributed by atoms with E-state index in [1.165, 1.54) is 17.2 Å². The lowest BCUT2D eigenvalue weighted by molar-refractivity contribution is 0.532. The molecule has 2 rings (SSSR count). The molecular formula is C17H19ClFN. The van der Waals surface area contributed by atoms with Gasteiger partial charge in [0.25, 0.3) is 0 Å². The normalized spacial score (nSPS) is 12.4. The smallest absolute Gasteiger partial charge is 0.127 e. The lowest BCUT2D eigenvalue weighted by Crippen LogP contribution is -2.30. The summed E-state index contributed by atoms with van der Waals surface area (Å²) in [5.41, 5.74) is 3.06. The number of benzene rings is 2. The molecule has 20 heavy (non-hydrogen) atoms. The number of halogens is 2. The van der Waals surface area contributed by atoms with Gasteiger partial charge in [-0.3, -0.25) is 0 Å². The first kappa shape index (κ1) is 15.0. The molecule has 0 amide bonds. The zero-order valence-electron chi connectivity index (χ0n) is 11.8. The molecule has 0 fully saturated rings. The molecule has 2 aromatic carbocycles. The monoisotopic (exact) mass is 291 g/mol. The molecule has 0 radical (unpaired) electrons. The second-order valence-electron chi connectivity index (χ2n) is 5.08. The Labute approximate surface area is 124 Å². The molecule has 1 atom stereocenters. The molecule has 0 aliphatic rings. The molecule has 1 nitrogen and oxygen atoms in total. The molecule has 0 aromatic heterocycles. The van der Waals surface area contributed by atoms with E-state index in [2.05, 4.69) is 36.5 Å². The summed E-state index contributed by atoms with van der Waals surface area (Å²) in [4.78, 5) is 0. The lowest BCUT2D eigenvalue weighted by atomic mass is 9.98. The number of hydrogen-bond donors (Lipinski definition) is 1. The fourth-order valence-electron chi connectivity index (χ4n) is 2.26. The largest absolute Gasteiger partial charge is 0.316 e. The third kappa shape index (κ3) is 3.81. The maximum absolute atomic E-state index is 13.8. The molecule has 0 heterocycles. The first-order valence-corrected chi connectivity index (χ1v) is 7.13. The van der Waals surface area contributed by atoms with E-state index < -0.39 is 0 Å². The topological polar surface area (TPSA) is 12.0 Å². The standard InChI is InChI=1S/C17H19ClFN/c1-12-6-8-13(9-7-12)10-14(20-2)11-15-16(18)4-3-5-17(15)19/h3-9,14,20H,10-11H2,1-2H3. The highest BCUT2D eigenvalue weighted by Gasteiger charge is 2.14. The Morgan fingerprint density at radius 1 is 1.10 bits per heavy atom. The predicted octanol–water partition coefficient (Wildman–Crippen LogP) is 4.16. The van der Waals surface area contributed by atoms with Gasteiger partial charge >= 0.3 is 0 Å². The average molecular weight is 292 g/mol. The van der Waals surface area contributed by atoms with Gasteiger partial charge in [0.2, 0.25) is 0 Å². The maximum Gasteiger partial charge on any atom is 0.127 e. The van der Waals surface area contributed by atoms with Crippen molar-refractivity contribution in [3.63, 3.8) is 0 Å². The van der Waals surface area contributed by atoms with Crippen LogP contribution in [0.2, 0.25) is 5.02 Å². The molecule has 2 aromatic rings. The summed E-state index contributed by atoms with van der Waals surface area (Å²) in [6.45, 7) is 2.07. The lowest BCUT2D eigenvalue weighted by Gasteiger charge is -2.17. The molecule has 0 bridgehead atoms. The van der Waals surface area contributed by atoms with E-state index >= 15 is 0 Å². The summed E-state index contributed by atoms with van der Waals surface area (Å²) in [6, 6.07) is 13.4. The number of aryl methyl sites for hydroxylation is 1.